The standard InChI is InChI=1S/C21H18FN5O2/c1-3-26-17-16(18(23)28)24-19(13-6-4-12(2)5-7-13)25-20(17)27(21(26)29)15-10-8-14(22)9-11-15/h4-11H,3H2,1-2H3,(H2,23,28). The van der Waals surface area contributed by atoms with E-state index in [-0.39, 0.29) is 29.2 Å². The van der Waals surface area contributed by atoms with Crippen molar-refractivity contribution in [1.29, 1.82) is 0 Å². The minimum atomic E-state index is -0.760. The van der Waals surface area contributed by atoms with Crippen LogP contribution in [0.3, 0.4) is 0 Å². The fraction of sp³-hybridized carbons (Fsp3) is 0.143. The van der Waals surface area contributed by atoms with E-state index in [1.807, 2.05) is 31.2 Å². The van der Waals surface area contributed by atoms with Gasteiger partial charge in [0.25, 0.3) is 5.91 Å². The average molecular weight is 391 g/mol. The summed E-state index contributed by atoms with van der Waals surface area (Å²) in [6.07, 6.45) is 0. The number of nitrogens with two attached hydrogens (primary N) is 1. The van der Waals surface area contributed by atoms with E-state index in [4.69, 9.17) is 5.73 Å². The lowest BCUT2D eigenvalue weighted by Gasteiger charge is -2.07. The molecule has 0 fully saturated rings. The Morgan fingerprint density at radius 3 is 2.31 bits per heavy atom. The van der Waals surface area contributed by atoms with E-state index in [2.05, 4.69) is 9.97 Å². The zero-order valence-corrected chi connectivity index (χ0v) is 15.9. The summed E-state index contributed by atoms with van der Waals surface area (Å²) in [7, 11) is 0. The number of amides is 1. The minimum Gasteiger partial charge on any atom is -0.364 e. The predicted octanol–water partition coefficient (Wildman–Crippen LogP) is 2.82. The number of primary amides is 1. The number of halogens is 1. The fourth-order valence-electron chi connectivity index (χ4n) is 3.27. The summed E-state index contributed by atoms with van der Waals surface area (Å²) in [5.74, 6) is -0.909. The predicted molar refractivity (Wildman–Crippen MR) is 107 cm³/mol. The molecule has 2 aromatic carbocycles. The van der Waals surface area contributed by atoms with Gasteiger partial charge in [-0.05, 0) is 38.1 Å². The van der Waals surface area contributed by atoms with Gasteiger partial charge in [-0.2, -0.15) is 0 Å². The maximum atomic E-state index is 13.4. The molecule has 4 rings (SSSR count). The van der Waals surface area contributed by atoms with Crippen LogP contribution < -0.4 is 11.4 Å². The summed E-state index contributed by atoms with van der Waals surface area (Å²) in [6.45, 7) is 4.02. The number of carbonyl (C=O) groups is 1. The molecular formula is C21H18FN5O2. The molecule has 0 bridgehead atoms. The highest BCUT2D eigenvalue weighted by atomic mass is 19.1. The first-order valence-electron chi connectivity index (χ1n) is 9.06. The van der Waals surface area contributed by atoms with Gasteiger partial charge in [-0.25, -0.2) is 23.7 Å². The molecule has 0 aliphatic carbocycles. The maximum Gasteiger partial charge on any atom is 0.335 e. The molecule has 0 spiro atoms. The number of imidazole rings is 1. The van der Waals surface area contributed by atoms with Crippen molar-refractivity contribution < 1.29 is 9.18 Å². The van der Waals surface area contributed by atoms with Gasteiger partial charge in [-0.1, -0.05) is 29.8 Å². The Morgan fingerprint density at radius 2 is 1.72 bits per heavy atom. The van der Waals surface area contributed by atoms with Crippen LogP contribution in [0, 0.1) is 12.7 Å². The van der Waals surface area contributed by atoms with E-state index in [9.17, 15) is 14.0 Å². The molecule has 0 atom stereocenters. The number of hydrogen-bond acceptors (Lipinski definition) is 4. The summed E-state index contributed by atoms with van der Waals surface area (Å²) >= 11 is 0. The van der Waals surface area contributed by atoms with Crippen LogP contribution >= 0.6 is 0 Å². The molecule has 29 heavy (non-hydrogen) atoms. The zero-order valence-electron chi connectivity index (χ0n) is 15.9. The van der Waals surface area contributed by atoms with Gasteiger partial charge in [-0.3, -0.25) is 9.36 Å². The highest BCUT2D eigenvalue weighted by molar-refractivity contribution is 6.02. The summed E-state index contributed by atoms with van der Waals surface area (Å²) in [4.78, 5) is 34.2. The van der Waals surface area contributed by atoms with E-state index < -0.39 is 17.4 Å². The first kappa shape index (κ1) is 18.5. The summed E-state index contributed by atoms with van der Waals surface area (Å²) in [5.41, 5.74) is 7.81. The van der Waals surface area contributed by atoms with Crippen LogP contribution in [0.2, 0.25) is 0 Å². The molecule has 8 heteroatoms. The number of benzene rings is 2. The fourth-order valence-corrected chi connectivity index (χ4v) is 3.27. The van der Waals surface area contributed by atoms with E-state index in [0.29, 0.717) is 11.3 Å². The van der Waals surface area contributed by atoms with Crippen molar-refractivity contribution >= 4 is 17.1 Å². The molecule has 0 radical (unpaired) electrons. The lowest BCUT2D eigenvalue weighted by atomic mass is 10.1. The summed E-state index contributed by atoms with van der Waals surface area (Å²) in [5, 5.41) is 0. The largest absolute Gasteiger partial charge is 0.364 e. The molecule has 0 aliphatic rings. The smallest absolute Gasteiger partial charge is 0.335 e. The Kier molecular flexibility index (Phi) is 4.46. The first-order chi connectivity index (χ1) is 13.9. The van der Waals surface area contributed by atoms with Crippen molar-refractivity contribution in [3.63, 3.8) is 0 Å². The van der Waals surface area contributed by atoms with Crippen LogP contribution in [0.1, 0.15) is 23.0 Å². The molecule has 2 heterocycles. The van der Waals surface area contributed by atoms with Gasteiger partial charge in [0.05, 0.1) is 5.69 Å². The third-order valence-electron chi connectivity index (χ3n) is 4.71. The van der Waals surface area contributed by atoms with Crippen LogP contribution in [0.5, 0.6) is 0 Å². The molecule has 4 aromatic rings. The molecule has 0 saturated carbocycles. The Morgan fingerprint density at radius 1 is 1.07 bits per heavy atom. The van der Waals surface area contributed by atoms with Crippen molar-refractivity contribution in [1.82, 2.24) is 19.1 Å². The molecule has 7 nitrogen and oxygen atoms in total. The van der Waals surface area contributed by atoms with Crippen molar-refractivity contribution in [2.24, 2.45) is 5.73 Å². The summed E-state index contributed by atoms with van der Waals surface area (Å²) in [6, 6.07) is 12.9. The number of aromatic nitrogens is 4. The monoisotopic (exact) mass is 391 g/mol. The topological polar surface area (TPSA) is 95.8 Å². The molecule has 1 amide bonds. The molecule has 2 aromatic heterocycles. The number of fused-ring (bicyclic) bond motifs is 1. The molecule has 0 unspecified atom stereocenters. The highest BCUT2D eigenvalue weighted by Gasteiger charge is 2.23. The van der Waals surface area contributed by atoms with E-state index in [1.165, 1.54) is 33.4 Å². The van der Waals surface area contributed by atoms with Gasteiger partial charge >= 0.3 is 5.69 Å². The molecular weight excluding hydrogens is 373 g/mol. The zero-order chi connectivity index (χ0) is 20.7. The maximum absolute atomic E-state index is 13.4. The van der Waals surface area contributed by atoms with Gasteiger partial charge in [0.1, 0.15) is 11.3 Å². The highest BCUT2D eigenvalue weighted by Crippen LogP contribution is 2.24. The number of rotatable bonds is 4. The van der Waals surface area contributed by atoms with Crippen LogP contribution in [-0.2, 0) is 6.54 Å². The van der Waals surface area contributed by atoms with E-state index in [0.717, 1.165) is 5.56 Å². The van der Waals surface area contributed by atoms with Crippen molar-refractivity contribution in [3.05, 3.63) is 76.1 Å². The quantitative estimate of drug-likeness (QED) is 0.579. The van der Waals surface area contributed by atoms with Gasteiger partial charge in [0.15, 0.2) is 17.2 Å². The number of hydrogen-bond donors (Lipinski definition) is 1. The number of carbonyl (C=O) groups excluding carboxylic acids is 1. The van der Waals surface area contributed by atoms with E-state index >= 15 is 0 Å². The molecule has 0 aliphatic heterocycles. The van der Waals surface area contributed by atoms with Crippen LogP contribution in [0.15, 0.2) is 53.3 Å². The Hall–Kier alpha value is -3.81. The second kappa shape index (κ2) is 6.97. The van der Waals surface area contributed by atoms with Crippen LogP contribution in [0.25, 0.3) is 28.2 Å². The lowest BCUT2D eigenvalue weighted by molar-refractivity contribution is 0.0997. The van der Waals surface area contributed by atoms with Crippen LogP contribution in [-0.4, -0.2) is 25.0 Å². The molecule has 2 N–H and O–H groups in total. The van der Waals surface area contributed by atoms with Gasteiger partial charge in [0, 0.05) is 12.1 Å². The number of nitrogens with zero attached hydrogens (tertiary/aromatic N) is 4. The van der Waals surface area contributed by atoms with Crippen molar-refractivity contribution in [2.75, 3.05) is 0 Å². The third kappa shape index (κ3) is 3.08. The second-order valence-electron chi connectivity index (χ2n) is 6.64. The van der Waals surface area contributed by atoms with Crippen molar-refractivity contribution in [3.8, 4) is 17.1 Å². The van der Waals surface area contributed by atoms with Crippen LogP contribution in [0.4, 0.5) is 4.39 Å². The number of aryl methyl sites for hydroxylation is 2. The van der Waals surface area contributed by atoms with Gasteiger partial charge in [-0.15, -0.1) is 0 Å². The normalized spacial score (nSPS) is 11.1. The Bertz CT molecular complexity index is 1290. The molecule has 0 saturated heterocycles. The second-order valence-corrected chi connectivity index (χ2v) is 6.64. The van der Waals surface area contributed by atoms with Crippen molar-refractivity contribution in [2.45, 2.75) is 20.4 Å². The average Bonchev–Trinajstić information content (AvgIpc) is 2.99. The molecule has 146 valence electrons. The Balaban J connectivity index is 2.11. The van der Waals surface area contributed by atoms with Gasteiger partial charge < -0.3 is 5.73 Å². The SMILES string of the molecule is CCn1c(=O)n(-c2ccc(F)cc2)c2nc(-c3ccc(C)cc3)nc(C(N)=O)c21. The lowest BCUT2D eigenvalue weighted by Crippen LogP contribution is -2.23. The third-order valence-corrected chi connectivity index (χ3v) is 4.71. The minimum absolute atomic E-state index is 0.0367. The first-order valence-corrected chi connectivity index (χ1v) is 9.06. The van der Waals surface area contributed by atoms with Gasteiger partial charge in [0.2, 0.25) is 0 Å². The summed E-state index contributed by atoms with van der Waals surface area (Å²) < 4.78 is 16.1. The van der Waals surface area contributed by atoms with E-state index in [1.54, 1.807) is 6.92 Å². The Labute approximate surface area is 165 Å².